The average molecular weight is 351 g/mol. The Balaban J connectivity index is 1.64. The summed E-state index contributed by atoms with van der Waals surface area (Å²) in [5.41, 5.74) is 2.82. The molecule has 2 aliphatic rings. The van der Waals surface area contributed by atoms with E-state index in [9.17, 15) is 8.42 Å². The number of para-hydroxylation sites is 1. The summed E-state index contributed by atoms with van der Waals surface area (Å²) in [6, 6.07) is 8.93. The van der Waals surface area contributed by atoms with E-state index < -0.39 is 9.84 Å². The third-order valence-corrected chi connectivity index (χ3v) is 7.14. The number of rotatable bonds is 7. The van der Waals surface area contributed by atoms with Crippen LogP contribution in [0.15, 0.2) is 24.3 Å². The molecule has 2 heterocycles. The Morgan fingerprint density at radius 3 is 2.83 bits per heavy atom. The molecule has 4 nitrogen and oxygen atoms in total. The van der Waals surface area contributed by atoms with Gasteiger partial charge in [0.15, 0.2) is 9.84 Å². The lowest BCUT2D eigenvalue weighted by molar-refractivity contribution is 0.213. The largest absolute Gasteiger partial charge is 0.370 e. The van der Waals surface area contributed by atoms with Crippen molar-refractivity contribution in [3.05, 3.63) is 29.8 Å². The van der Waals surface area contributed by atoms with E-state index in [1.807, 2.05) is 0 Å². The summed E-state index contributed by atoms with van der Waals surface area (Å²) in [4.78, 5) is 4.92. The van der Waals surface area contributed by atoms with Crippen molar-refractivity contribution in [2.75, 3.05) is 42.6 Å². The van der Waals surface area contributed by atoms with Gasteiger partial charge in [-0.15, -0.1) is 0 Å². The molecule has 3 rings (SSSR count). The van der Waals surface area contributed by atoms with Gasteiger partial charge >= 0.3 is 0 Å². The van der Waals surface area contributed by atoms with Crippen molar-refractivity contribution in [3.8, 4) is 0 Å². The van der Waals surface area contributed by atoms with Crippen LogP contribution in [0.4, 0.5) is 5.69 Å². The Kier molecular flexibility index (Phi) is 5.82. The van der Waals surface area contributed by atoms with Crippen LogP contribution in [0.25, 0.3) is 0 Å². The van der Waals surface area contributed by atoms with Gasteiger partial charge in [-0.1, -0.05) is 31.5 Å². The number of hydrogen-bond acceptors (Lipinski definition) is 4. The highest BCUT2D eigenvalue weighted by molar-refractivity contribution is 7.91. The molecule has 1 aromatic rings. The van der Waals surface area contributed by atoms with Crippen LogP contribution in [-0.2, 0) is 16.3 Å². The number of hydrogen-bond donors (Lipinski definition) is 0. The zero-order chi connectivity index (χ0) is 17.0. The molecule has 0 amide bonds. The maximum atomic E-state index is 11.9. The molecule has 0 radical (unpaired) electrons. The standard InChI is InChI=1S/C19H30N2O2S/c1-2-3-11-20(18-10-15-24(22,23)16-18)13-14-21-12-6-8-17-7-4-5-9-19(17)21/h4-5,7,9,18H,2-3,6,8,10-16H2,1H3. The van der Waals surface area contributed by atoms with E-state index in [1.54, 1.807) is 0 Å². The van der Waals surface area contributed by atoms with Crippen LogP contribution in [0.3, 0.4) is 0 Å². The van der Waals surface area contributed by atoms with Crippen molar-refractivity contribution < 1.29 is 8.42 Å². The Hall–Kier alpha value is -1.07. The van der Waals surface area contributed by atoms with Gasteiger partial charge in [-0.2, -0.15) is 0 Å². The molecule has 0 aliphatic carbocycles. The second-order valence-corrected chi connectivity index (χ2v) is 9.39. The minimum absolute atomic E-state index is 0.224. The van der Waals surface area contributed by atoms with Crippen molar-refractivity contribution in [1.29, 1.82) is 0 Å². The highest BCUT2D eigenvalue weighted by Crippen LogP contribution is 2.27. The summed E-state index contributed by atoms with van der Waals surface area (Å²) in [5.74, 6) is 0.722. The Morgan fingerprint density at radius 2 is 2.08 bits per heavy atom. The van der Waals surface area contributed by atoms with E-state index in [0.29, 0.717) is 11.5 Å². The highest BCUT2D eigenvalue weighted by Gasteiger charge is 2.32. The lowest BCUT2D eigenvalue weighted by atomic mass is 10.0. The summed E-state index contributed by atoms with van der Waals surface area (Å²) in [5, 5.41) is 0. The van der Waals surface area contributed by atoms with Crippen LogP contribution < -0.4 is 4.90 Å². The zero-order valence-corrected chi connectivity index (χ0v) is 15.6. The van der Waals surface area contributed by atoms with Crippen molar-refractivity contribution in [2.45, 2.75) is 45.1 Å². The number of anilines is 1. The number of benzene rings is 1. The zero-order valence-electron chi connectivity index (χ0n) is 14.8. The maximum Gasteiger partial charge on any atom is 0.151 e. The van der Waals surface area contributed by atoms with Gasteiger partial charge in [-0.05, 0) is 43.9 Å². The first-order chi connectivity index (χ1) is 11.6. The smallest absolute Gasteiger partial charge is 0.151 e. The molecule has 1 saturated heterocycles. The van der Waals surface area contributed by atoms with Crippen LogP contribution in [0, 0.1) is 0 Å². The first kappa shape index (κ1) is 17.7. The molecule has 2 aliphatic heterocycles. The second kappa shape index (κ2) is 7.87. The molecule has 0 spiro atoms. The normalized spacial score (nSPS) is 22.8. The van der Waals surface area contributed by atoms with Crippen LogP contribution in [-0.4, -0.2) is 57.0 Å². The van der Waals surface area contributed by atoms with Crippen LogP contribution in [0.5, 0.6) is 0 Å². The van der Waals surface area contributed by atoms with Crippen LogP contribution in [0.1, 0.15) is 38.2 Å². The fraction of sp³-hybridized carbons (Fsp3) is 0.684. The monoisotopic (exact) mass is 350 g/mol. The molecule has 0 saturated carbocycles. The molecule has 24 heavy (non-hydrogen) atoms. The third kappa shape index (κ3) is 4.31. The van der Waals surface area contributed by atoms with E-state index in [0.717, 1.165) is 45.4 Å². The van der Waals surface area contributed by atoms with Crippen molar-refractivity contribution in [3.63, 3.8) is 0 Å². The van der Waals surface area contributed by atoms with Gasteiger partial charge in [0.2, 0.25) is 0 Å². The number of fused-ring (bicyclic) bond motifs is 1. The van der Waals surface area contributed by atoms with E-state index in [2.05, 4.69) is 41.0 Å². The Labute approximate surface area is 146 Å². The van der Waals surface area contributed by atoms with Crippen molar-refractivity contribution in [2.24, 2.45) is 0 Å². The quantitative estimate of drug-likeness (QED) is 0.758. The molecule has 134 valence electrons. The third-order valence-electron chi connectivity index (χ3n) is 5.39. The minimum Gasteiger partial charge on any atom is -0.370 e. The molecule has 1 unspecified atom stereocenters. The SMILES string of the molecule is CCCCN(CCN1CCCc2ccccc21)C1CCS(=O)(=O)C1. The fourth-order valence-corrected chi connectivity index (χ4v) is 5.76. The van der Waals surface area contributed by atoms with Gasteiger partial charge in [0.25, 0.3) is 0 Å². The number of aryl methyl sites for hydroxylation is 1. The second-order valence-electron chi connectivity index (χ2n) is 7.17. The molecule has 0 aromatic heterocycles. The first-order valence-corrected chi connectivity index (χ1v) is 11.2. The molecular weight excluding hydrogens is 320 g/mol. The summed E-state index contributed by atoms with van der Waals surface area (Å²) in [6.45, 7) is 6.30. The van der Waals surface area contributed by atoms with Gasteiger partial charge in [-0.25, -0.2) is 8.42 Å². The van der Waals surface area contributed by atoms with E-state index in [-0.39, 0.29) is 6.04 Å². The summed E-state index contributed by atoms with van der Waals surface area (Å²) in [6.07, 6.45) is 5.50. The molecule has 1 fully saturated rings. The molecule has 1 aromatic carbocycles. The summed E-state index contributed by atoms with van der Waals surface area (Å²) >= 11 is 0. The Morgan fingerprint density at radius 1 is 1.25 bits per heavy atom. The molecule has 5 heteroatoms. The maximum absolute atomic E-state index is 11.9. The van der Waals surface area contributed by atoms with Crippen molar-refractivity contribution in [1.82, 2.24) is 4.90 Å². The first-order valence-electron chi connectivity index (χ1n) is 9.36. The van der Waals surface area contributed by atoms with Gasteiger partial charge in [0.1, 0.15) is 0 Å². The Bertz CT molecular complexity index is 645. The molecule has 0 bridgehead atoms. The topological polar surface area (TPSA) is 40.6 Å². The predicted molar refractivity (Wildman–Crippen MR) is 101 cm³/mol. The summed E-state index contributed by atoms with van der Waals surface area (Å²) < 4.78 is 23.7. The van der Waals surface area contributed by atoms with E-state index in [1.165, 1.54) is 24.1 Å². The minimum atomic E-state index is -2.81. The van der Waals surface area contributed by atoms with E-state index >= 15 is 0 Å². The van der Waals surface area contributed by atoms with Gasteiger partial charge in [0.05, 0.1) is 11.5 Å². The lowest BCUT2D eigenvalue weighted by Crippen LogP contribution is -2.43. The highest BCUT2D eigenvalue weighted by atomic mass is 32.2. The summed E-state index contributed by atoms with van der Waals surface area (Å²) in [7, 11) is -2.81. The fourth-order valence-electron chi connectivity index (χ4n) is 3.99. The molecular formula is C19H30N2O2S. The van der Waals surface area contributed by atoms with Crippen molar-refractivity contribution >= 4 is 15.5 Å². The number of nitrogens with zero attached hydrogens (tertiary/aromatic N) is 2. The molecule has 0 N–H and O–H groups in total. The predicted octanol–water partition coefficient (Wildman–Crippen LogP) is 2.73. The number of sulfone groups is 1. The number of unbranched alkanes of at least 4 members (excludes halogenated alkanes) is 1. The van der Waals surface area contributed by atoms with Gasteiger partial charge in [-0.3, -0.25) is 4.90 Å². The van der Waals surface area contributed by atoms with Gasteiger partial charge in [0, 0.05) is 31.4 Å². The average Bonchev–Trinajstić information content (AvgIpc) is 2.95. The van der Waals surface area contributed by atoms with Gasteiger partial charge < -0.3 is 4.90 Å². The van der Waals surface area contributed by atoms with Crippen LogP contribution >= 0.6 is 0 Å². The van der Waals surface area contributed by atoms with Crippen LogP contribution in [0.2, 0.25) is 0 Å². The lowest BCUT2D eigenvalue weighted by Gasteiger charge is -2.35. The molecule has 1 atom stereocenters. The van der Waals surface area contributed by atoms with E-state index in [4.69, 9.17) is 0 Å².